The van der Waals surface area contributed by atoms with Gasteiger partial charge in [0.05, 0.1) is 5.40 Å². The summed E-state index contributed by atoms with van der Waals surface area (Å²) in [5.74, 6) is -1.21. The molecule has 0 aliphatic heterocycles. The zero-order chi connectivity index (χ0) is 40.2. The highest BCUT2D eigenvalue weighted by Crippen LogP contribution is 2.69. The van der Waals surface area contributed by atoms with Crippen molar-refractivity contribution in [3.05, 3.63) is 140 Å². The highest BCUT2D eigenvalue weighted by molar-refractivity contribution is 7.82. The highest BCUT2D eigenvalue weighted by atomic mass is 31.2. The lowest BCUT2D eigenvalue weighted by Gasteiger charge is -2.33. The maximum absolute atomic E-state index is 14.3. The van der Waals surface area contributed by atoms with Crippen LogP contribution in [0.25, 0.3) is 11.1 Å². The van der Waals surface area contributed by atoms with Gasteiger partial charge in [0.25, 0.3) is 0 Å². The number of carbonyl (C=O) groups is 3. The lowest BCUT2D eigenvalue weighted by molar-refractivity contribution is -0.157. The van der Waals surface area contributed by atoms with E-state index in [1.807, 2.05) is 60.7 Å². The summed E-state index contributed by atoms with van der Waals surface area (Å²) in [6.45, 7) is 20.5. The van der Waals surface area contributed by atoms with Gasteiger partial charge in [0, 0.05) is 42.7 Å². The fraction of sp³-hybridized carbons (Fsp3) is 0.341. The molecule has 292 valence electrons. The van der Waals surface area contributed by atoms with Gasteiger partial charge in [0.1, 0.15) is 32.5 Å². The predicted octanol–water partition coefficient (Wildman–Crippen LogP) is 9.99. The van der Waals surface area contributed by atoms with Crippen molar-refractivity contribution in [2.45, 2.75) is 63.0 Å². The van der Waals surface area contributed by atoms with E-state index in [0.717, 1.165) is 27.8 Å². The van der Waals surface area contributed by atoms with Crippen LogP contribution in [0.5, 0.6) is 0 Å². The van der Waals surface area contributed by atoms with Gasteiger partial charge < -0.3 is 29.2 Å². The summed E-state index contributed by atoms with van der Waals surface area (Å²) in [5.41, 5.74) is 4.80. The minimum absolute atomic E-state index is 0.0332. The van der Waals surface area contributed by atoms with Gasteiger partial charge in [-0.1, -0.05) is 85.0 Å². The number of anilines is 1. The maximum Gasteiger partial charge on any atom is 0.407 e. The van der Waals surface area contributed by atoms with Gasteiger partial charge in [0.15, 0.2) is 0 Å². The molecule has 3 aromatic carbocycles. The first kappa shape index (κ1) is 43.0. The lowest BCUT2D eigenvalue weighted by Crippen LogP contribution is -2.45. The number of alkyl carbamates (subject to hydrolysis) is 1. The summed E-state index contributed by atoms with van der Waals surface area (Å²) in [6, 6.07) is 21.9. The van der Waals surface area contributed by atoms with Crippen molar-refractivity contribution < 1.29 is 33.0 Å². The minimum atomic E-state index is -3.04. The molecule has 0 bridgehead atoms. The molecule has 0 radical (unpaired) electrons. The van der Waals surface area contributed by atoms with E-state index in [9.17, 15) is 23.5 Å². The molecule has 2 N–H and O–H groups in total. The van der Waals surface area contributed by atoms with E-state index in [1.165, 1.54) is 0 Å². The van der Waals surface area contributed by atoms with Gasteiger partial charge in [-0.2, -0.15) is 0 Å². The lowest BCUT2D eigenvalue weighted by atomic mass is 9.98. The second-order valence-electron chi connectivity index (χ2n) is 14.8. The number of carbonyl (C=O) groups excluding carboxylic acids is 3. The van der Waals surface area contributed by atoms with E-state index >= 15 is 0 Å². The zero-order valence-electron chi connectivity index (χ0n) is 32.2. The van der Waals surface area contributed by atoms with E-state index in [4.69, 9.17) is 9.47 Å². The van der Waals surface area contributed by atoms with Crippen LogP contribution >= 0.6 is 14.3 Å². The number of allylic oxidation sites excluding steroid dienone is 4. The third-order valence-electron chi connectivity index (χ3n) is 9.48. The molecule has 0 spiro atoms. The fourth-order valence-electron chi connectivity index (χ4n) is 7.06. The van der Waals surface area contributed by atoms with Crippen molar-refractivity contribution in [3.8, 4) is 11.1 Å². The first-order valence-corrected chi connectivity index (χ1v) is 22.8. The maximum atomic E-state index is 14.3. The summed E-state index contributed by atoms with van der Waals surface area (Å²) >= 11 is 0. The Kier molecular flexibility index (Phi) is 15.1. The average molecular weight is 785 g/mol. The molecular formula is C44H54N2O7P2. The SMILES string of the molecule is C=CCP(=O)(CC=C)C(Cc1ccc(NC(=O)CC[C@H](NC(=O)OCC2c3ccccc3-c3ccccc32)C(=O)OC(C)(C)C)cc1)P(=O)(CC=C)CC=C. The summed E-state index contributed by atoms with van der Waals surface area (Å²) in [7, 11) is -6.08. The minimum Gasteiger partial charge on any atom is -0.458 e. The molecule has 9 nitrogen and oxygen atoms in total. The molecule has 0 aromatic heterocycles. The summed E-state index contributed by atoms with van der Waals surface area (Å²) in [4.78, 5) is 39.5. The van der Waals surface area contributed by atoms with Crippen molar-refractivity contribution in [2.24, 2.45) is 0 Å². The monoisotopic (exact) mass is 784 g/mol. The molecule has 11 heteroatoms. The molecule has 4 rings (SSSR count). The number of rotatable bonds is 20. The predicted molar refractivity (Wildman–Crippen MR) is 225 cm³/mol. The Labute approximate surface area is 326 Å². The van der Waals surface area contributed by atoms with Crippen molar-refractivity contribution in [3.63, 3.8) is 0 Å². The Morgan fingerprint density at radius 2 is 1.25 bits per heavy atom. The van der Waals surface area contributed by atoms with Crippen LogP contribution in [0, 0.1) is 0 Å². The number of ether oxygens (including phenoxy) is 2. The van der Waals surface area contributed by atoms with Crippen molar-refractivity contribution >= 4 is 37.9 Å². The molecule has 1 aliphatic carbocycles. The van der Waals surface area contributed by atoms with E-state index in [2.05, 4.69) is 36.9 Å². The van der Waals surface area contributed by atoms with Crippen LogP contribution in [0.15, 0.2) is 123 Å². The Hall–Kier alpha value is -4.71. The molecule has 55 heavy (non-hydrogen) atoms. The van der Waals surface area contributed by atoms with Crippen LogP contribution in [0.3, 0.4) is 0 Å². The van der Waals surface area contributed by atoms with Gasteiger partial charge in [0.2, 0.25) is 5.91 Å². The number of hydrogen-bond donors (Lipinski definition) is 2. The number of benzene rings is 3. The zero-order valence-corrected chi connectivity index (χ0v) is 34.0. The van der Waals surface area contributed by atoms with Crippen LogP contribution < -0.4 is 10.6 Å². The third kappa shape index (κ3) is 11.4. The second-order valence-corrected chi connectivity index (χ2v) is 21.7. The highest BCUT2D eigenvalue weighted by Gasteiger charge is 2.43. The largest absolute Gasteiger partial charge is 0.458 e. The first-order valence-electron chi connectivity index (χ1n) is 18.5. The summed E-state index contributed by atoms with van der Waals surface area (Å²) in [6.07, 6.45) is 6.76. The van der Waals surface area contributed by atoms with Crippen LogP contribution in [0.4, 0.5) is 10.5 Å². The average Bonchev–Trinajstić information content (AvgIpc) is 3.45. The third-order valence-corrected chi connectivity index (χ3v) is 18.1. The standard InChI is InChI=1S/C44H54N2O7P2/c1-8-26-54(50,27-9-2)41(55(51,28-10-3)29-11-4)30-32-20-22-33(23-21-32)45-40(47)25-24-39(42(48)53-44(5,6)7)46-43(49)52-31-38-36-18-14-12-16-34(36)35-17-13-15-19-37(35)38/h8-23,38-39,41H,1-4,24-31H2,5-7H3,(H,45,47)(H,46,49)/t39-/m0/s1. The van der Waals surface area contributed by atoms with Gasteiger partial charge in [-0.3, -0.25) is 4.79 Å². The number of nitrogens with one attached hydrogen (secondary N) is 2. The number of amides is 2. The molecular weight excluding hydrogens is 730 g/mol. The Bertz CT molecular complexity index is 1870. The number of esters is 1. The Balaban J connectivity index is 1.41. The molecule has 2 amide bonds. The van der Waals surface area contributed by atoms with Crippen LogP contribution in [0.1, 0.15) is 56.2 Å². The normalized spacial score (nSPS) is 13.2. The molecule has 0 saturated carbocycles. The fourth-order valence-corrected chi connectivity index (χ4v) is 15.4. The molecule has 0 fully saturated rings. The van der Waals surface area contributed by atoms with Gasteiger partial charge in [-0.05, 0) is 73.6 Å². The first-order chi connectivity index (χ1) is 26.2. The summed E-state index contributed by atoms with van der Waals surface area (Å²) in [5, 5.41) is 4.85. The van der Waals surface area contributed by atoms with Crippen LogP contribution in [-0.4, -0.2) is 66.3 Å². The Morgan fingerprint density at radius 3 is 1.73 bits per heavy atom. The van der Waals surface area contributed by atoms with Gasteiger partial charge >= 0.3 is 12.1 Å². The quantitative estimate of drug-likeness (QED) is 0.0663. The van der Waals surface area contributed by atoms with E-state index in [0.29, 0.717) is 12.1 Å². The van der Waals surface area contributed by atoms with Crippen LogP contribution in [-0.2, 0) is 34.6 Å². The van der Waals surface area contributed by atoms with Crippen molar-refractivity contribution in [1.82, 2.24) is 5.32 Å². The van der Waals surface area contributed by atoms with Crippen LogP contribution in [0.2, 0.25) is 0 Å². The summed E-state index contributed by atoms with van der Waals surface area (Å²) < 4.78 is 39.9. The van der Waals surface area contributed by atoms with Gasteiger partial charge in [-0.25, -0.2) is 9.59 Å². The smallest absolute Gasteiger partial charge is 0.407 e. The van der Waals surface area contributed by atoms with E-state index in [-0.39, 0.29) is 55.9 Å². The Morgan fingerprint density at radius 1 is 0.764 bits per heavy atom. The van der Waals surface area contributed by atoms with Crippen molar-refractivity contribution in [1.29, 1.82) is 0 Å². The molecule has 1 aliphatic rings. The second kappa shape index (κ2) is 19.2. The topological polar surface area (TPSA) is 128 Å². The molecule has 3 aromatic rings. The van der Waals surface area contributed by atoms with Gasteiger partial charge in [-0.15, -0.1) is 26.3 Å². The molecule has 1 atom stereocenters. The van der Waals surface area contributed by atoms with E-state index in [1.54, 1.807) is 57.2 Å². The molecule has 0 unspecified atom stereocenters. The number of hydrogen-bond acceptors (Lipinski definition) is 7. The van der Waals surface area contributed by atoms with Crippen molar-refractivity contribution in [2.75, 3.05) is 36.6 Å². The molecule has 0 saturated heterocycles. The van der Waals surface area contributed by atoms with E-state index < -0.39 is 43.4 Å². The number of fused-ring (bicyclic) bond motifs is 3. The molecule has 0 heterocycles.